The van der Waals surface area contributed by atoms with Crippen molar-refractivity contribution in [3.05, 3.63) is 67.2 Å². The Bertz CT molecular complexity index is 2120. The van der Waals surface area contributed by atoms with Crippen molar-refractivity contribution in [2.24, 2.45) is 16.2 Å². The third-order valence-electron chi connectivity index (χ3n) is 11.6. The Balaban J connectivity index is 1.66. The average Bonchev–Trinajstić information content (AvgIpc) is 3.22. The number of alkyl halides is 9. The highest BCUT2D eigenvalue weighted by molar-refractivity contribution is 5.56. The van der Waals surface area contributed by atoms with E-state index in [2.05, 4.69) is 16.0 Å². The van der Waals surface area contributed by atoms with E-state index in [1.165, 1.54) is 18.2 Å². The van der Waals surface area contributed by atoms with E-state index in [4.69, 9.17) is 14.2 Å². The second kappa shape index (κ2) is 24.7. The van der Waals surface area contributed by atoms with E-state index >= 15 is 0 Å². The molecule has 3 N–H and O–H groups in total. The van der Waals surface area contributed by atoms with Crippen molar-refractivity contribution in [3.63, 3.8) is 0 Å². The van der Waals surface area contributed by atoms with Crippen molar-refractivity contribution in [2.45, 2.75) is 98.6 Å². The summed E-state index contributed by atoms with van der Waals surface area (Å²) >= 11 is 0. The van der Waals surface area contributed by atoms with Crippen LogP contribution in [0.2, 0.25) is 0 Å². The standard InChI is InChI=1S/C48H57F9N10O3/c1-43(2)19-31(37(28-61)46(49,50)51)34(25-58)40(22-43)64-7-13-68-16-10-67(11-17-69-14-8-65-41-23-44(3,4)20-32(35(41)26-59)38(29-62)47(52,53)54)12-18-70-15-9-66-42-24-45(5,6)21-33(36(42)27-60)39(30-63)48(55,56)57/h64-66H,7-24H2,1-6H3/b37-31+,38-32+,39-33+. The van der Waals surface area contributed by atoms with Gasteiger partial charge in [-0.15, -0.1) is 0 Å². The zero-order valence-corrected chi connectivity index (χ0v) is 40.0. The van der Waals surface area contributed by atoms with Gasteiger partial charge in [0, 0.05) is 56.4 Å². The number of nitrogens with zero attached hydrogens (tertiary/aromatic N) is 7. The normalized spacial score (nSPS) is 20.3. The fraction of sp³-hybridized carbons (Fsp3) is 0.625. The topological polar surface area (TPSA) is 210 Å². The van der Waals surface area contributed by atoms with Crippen LogP contribution in [-0.2, 0) is 14.2 Å². The molecule has 3 rings (SSSR count). The highest BCUT2D eigenvalue weighted by Crippen LogP contribution is 2.47. The Hall–Kier alpha value is -6.01. The van der Waals surface area contributed by atoms with E-state index in [1.54, 1.807) is 41.5 Å². The second-order valence-corrected chi connectivity index (χ2v) is 19.3. The zero-order valence-electron chi connectivity index (χ0n) is 40.0. The van der Waals surface area contributed by atoms with E-state index in [0.717, 1.165) is 0 Å². The first-order valence-electron chi connectivity index (χ1n) is 22.3. The molecular weight excluding hydrogens is 936 g/mol. The van der Waals surface area contributed by atoms with E-state index in [9.17, 15) is 71.1 Å². The van der Waals surface area contributed by atoms with Gasteiger partial charge in [0.2, 0.25) is 0 Å². The lowest BCUT2D eigenvalue weighted by Crippen LogP contribution is -2.36. The van der Waals surface area contributed by atoms with Crippen molar-refractivity contribution in [2.75, 3.05) is 78.9 Å². The van der Waals surface area contributed by atoms with Crippen LogP contribution in [0.4, 0.5) is 39.5 Å². The van der Waals surface area contributed by atoms with Gasteiger partial charge in [-0.1, -0.05) is 41.5 Å². The predicted octanol–water partition coefficient (Wildman–Crippen LogP) is 9.05. The lowest BCUT2D eigenvalue weighted by Gasteiger charge is -2.34. The van der Waals surface area contributed by atoms with Gasteiger partial charge in [0.1, 0.15) is 53.1 Å². The van der Waals surface area contributed by atoms with Crippen molar-refractivity contribution in [1.29, 1.82) is 31.6 Å². The molecule has 13 nitrogen and oxygen atoms in total. The van der Waals surface area contributed by atoms with E-state index in [-0.39, 0.29) is 148 Å². The molecular formula is C48H57F9N10O3. The van der Waals surface area contributed by atoms with Gasteiger partial charge in [-0.3, -0.25) is 4.90 Å². The summed E-state index contributed by atoms with van der Waals surface area (Å²) in [6.07, 6.45) is -14.4. The molecule has 380 valence electrons. The van der Waals surface area contributed by atoms with Gasteiger partial charge in [-0.2, -0.15) is 71.1 Å². The number of nitrogens with one attached hydrogen (secondary N) is 3. The van der Waals surface area contributed by atoms with E-state index in [0.29, 0.717) is 19.6 Å². The molecule has 0 aromatic rings. The summed E-state index contributed by atoms with van der Waals surface area (Å²) in [7, 11) is 0. The van der Waals surface area contributed by atoms with Gasteiger partial charge in [-0.25, -0.2) is 0 Å². The predicted molar refractivity (Wildman–Crippen MR) is 236 cm³/mol. The Labute approximate surface area is 402 Å². The van der Waals surface area contributed by atoms with Crippen LogP contribution in [0.5, 0.6) is 0 Å². The van der Waals surface area contributed by atoms with Gasteiger partial charge in [0.05, 0.1) is 56.4 Å². The Kier molecular flexibility index (Phi) is 20.6. The van der Waals surface area contributed by atoms with Gasteiger partial charge in [-0.05, 0) is 71.5 Å². The highest BCUT2D eigenvalue weighted by Gasteiger charge is 2.44. The summed E-state index contributed by atoms with van der Waals surface area (Å²) in [5.74, 6) is 0. The Morgan fingerprint density at radius 3 is 0.886 bits per heavy atom. The molecule has 0 aromatic carbocycles. The quantitative estimate of drug-likeness (QED) is 0.0558. The summed E-state index contributed by atoms with van der Waals surface area (Å²) in [6.45, 7) is 12.6. The number of halogens is 9. The number of ether oxygens (including phenoxy) is 3. The number of allylic oxidation sites excluding steroid dienone is 12. The molecule has 0 fully saturated rings. The summed E-state index contributed by atoms with van der Waals surface area (Å²) in [5.41, 5.74) is -7.28. The molecule has 0 aliphatic heterocycles. The first-order chi connectivity index (χ1) is 32.6. The molecule has 3 aliphatic carbocycles. The lowest BCUT2D eigenvalue weighted by atomic mass is 9.72. The smallest absolute Gasteiger partial charge is 0.385 e. The fourth-order valence-corrected chi connectivity index (χ4v) is 8.58. The summed E-state index contributed by atoms with van der Waals surface area (Å²) in [5, 5.41) is 66.5. The SMILES string of the molecule is CC1(C)CC(NCCOCCN(CCOCCNC2=C(C#N)/C(=C(\C#N)C(F)(F)F)CC(C)(C)C2)CCOCCNC2=C(C#N)/C(=C(\C#N)C(F)(F)F)CC(C)(C)C2)=C(C#N)/C(=C(\C#N)C(F)(F)F)C1. The largest absolute Gasteiger partial charge is 0.426 e. The maximum absolute atomic E-state index is 13.7. The molecule has 0 heterocycles. The summed E-state index contributed by atoms with van der Waals surface area (Å²) in [6, 6.07) is 9.16. The van der Waals surface area contributed by atoms with Crippen LogP contribution in [0, 0.1) is 84.2 Å². The van der Waals surface area contributed by atoms with Crippen LogP contribution in [0.1, 0.15) is 80.1 Å². The molecule has 0 atom stereocenters. The van der Waals surface area contributed by atoms with Crippen LogP contribution in [0.3, 0.4) is 0 Å². The van der Waals surface area contributed by atoms with Crippen LogP contribution in [0.25, 0.3) is 0 Å². The van der Waals surface area contributed by atoms with Crippen LogP contribution < -0.4 is 16.0 Å². The number of rotatable bonds is 21. The minimum Gasteiger partial charge on any atom is -0.385 e. The van der Waals surface area contributed by atoms with Crippen molar-refractivity contribution < 1.29 is 53.7 Å². The van der Waals surface area contributed by atoms with E-state index in [1.807, 2.05) is 23.1 Å². The first-order valence-corrected chi connectivity index (χ1v) is 22.3. The van der Waals surface area contributed by atoms with Gasteiger partial charge in [0.15, 0.2) is 0 Å². The third-order valence-corrected chi connectivity index (χ3v) is 11.6. The minimum absolute atomic E-state index is 0.0877. The molecule has 0 unspecified atom stereocenters. The second-order valence-electron chi connectivity index (χ2n) is 19.3. The molecule has 70 heavy (non-hydrogen) atoms. The maximum Gasteiger partial charge on any atom is 0.426 e. The zero-order chi connectivity index (χ0) is 52.7. The van der Waals surface area contributed by atoms with Crippen LogP contribution in [-0.4, -0.2) is 102 Å². The fourth-order valence-electron chi connectivity index (χ4n) is 8.58. The molecule has 0 radical (unpaired) electrons. The molecule has 0 bridgehead atoms. The minimum atomic E-state index is -4.94. The number of hydrogen-bond donors (Lipinski definition) is 3. The van der Waals surface area contributed by atoms with Crippen LogP contribution >= 0.6 is 0 Å². The van der Waals surface area contributed by atoms with Gasteiger partial charge < -0.3 is 30.2 Å². The summed E-state index contributed by atoms with van der Waals surface area (Å²) < 4.78 is 141. The van der Waals surface area contributed by atoms with Gasteiger partial charge >= 0.3 is 18.5 Å². The monoisotopic (exact) mass is 992 g/mol. The van der Waals surface area contributed by atoms with Crippen LogP contribution in [0.15, 0.2) is 67.2 Å². The van der Waals surface area contributed by atoms with E-state index < -0.39 is 51.5 Å². The van der Waals surface area contributed by atoms with Crippen molar-refractivity contribution >= 4 is 0 Å². The highest BCUT2D eigenvalue weighted by atomic mass is 19.4. The summed E-state index contributed by atoms with van der Waals surface area (Å²) in [4.78, 5) is 1.93. The molecule has 0 saturated carbocycles. The van der Waals surface area contributed by atoms with Gasteiger partial charge in [0.25, 0.3) is 0 Å². The number of nitriles is 6. The molecule has 0 amide bonds. The maximum atomic E-state index is 13.7. The lowest BCUT2D eigenvalue weighted by molar-refractivity contribution is -0.0892. The Morgan fingerprint density at radius 2 is 0.686 bits per heavy atom. The Morgan fingerprint density at radius 1 is 0.443 bits per heavy atom. The number of hydrogen-bond acceptors (Lipinski definition) is 13. The molecule has 3 aliphatic rings. The molecule has 0 aromatic heterocycles. The third kappa shape index (κ3) is 16.8. The average molecular weight is 993 g/mol. The molecule has 22 heteroatoms. The molecule has 0 spiro atoms. The van der Waals surface area contributed by atoms with Crippen molar-refractivity contribution in [1.82, 2.24) is 20.9 Å². The van der Waals surface area contributed by atoms with Crippen molar-refractivity contribution in [3.8, 4) is 36.4 Å². The molecule has 0 saturated heterocycles. The first kappa shape index (κ1) is 58.3.